The van der Waals surface area contributed by atoms with Gasteiger partial charge < -0.3 is 10.1 Å². The van der Waals surface area contributed by atoms with Crippen molar-refractivity contribution >= 4 is 28.9 Å². The van der Waals surface area contributed by atoms with Gasteiger partial charge in [0.1, 0.15) is 5.82 Å². The van der Waals surface area contributed by atoms with Crippen molar-refractivity contribution in [1.82, 2.24) is 9.97 Å². The number of anilines is 1. The largest absolute Gasteiger partial charge is 0.468 e. The van der Waals surface area contributed by atoms with Gasteiger partial charge in [-0.1, -0.05) is 48.0 Å². The summed E-state index contributed by atoms with van der Waals surface area (Å²) in [5.74, 6) is -0.284. The first kappa shape index (κ1) is 16.8. The zero-order valence-corrected chi connectivity index (χ0v) is 15.5. The fourth-order valence-electron chi connectivity index (χ4n) is 3.89. The second kappa shape index (κ2) is 6.07. The van der Waals surface area contributed by atoms with Gasteiger partial charge in [0.25, 0.3) is 11.6 Å². The Morgan fingerprint density at radius 3 is 2.46 bits per heavy atom. The van der Waals surface area contributed by atoms with Gasteiger partial charge in [-0.3, -0.25) is 14.6 Å². The summed E-state index contributed by atoms with van der Waals surface area (Å²) in [4.78, 5) is 33.1. The lowest BCUT2D eigenvalue weighted by atomic mass is 9.82. The van der Waals surface area contributed by atoms with Crippen molar-refractivity contribution in [2.45, 2.75) is 5.92 Å². The highest BCUT2D eigenvalue weighted by molar-refractivity contribution is 6.30. The number of aromatic nitrogens is 2. The maximum atomic E-state index is 13.2. The highest BCUT2D eigenvalue weighted by Gasteiger charge is 2.42. The molecule has 6 nitrogen and oxygen atoms in total. The molecule has 0 amide bonds. The van der Waals surface area contributed by atoms with E-state index in [9.17, 15) is 9.59 Å². The predicted octanol–water partition coefficient (Wildman–Crippen LogP) is 3.60. The number of methoxy groups -OCH3 is 1. The van der Waals surface area contributed by atoms with Gasteiger partial charge in [-0.15, -0.1) is 0 Å². The van der Waals surface area contributed by atoms with Gasteiger partial charge in [0.15, 0.2) is 5.78 Å². The maximum Gasteiger partial charge on any atom is 0.298 e. The third kappa shape index (κ3) is 2.31. The van der Waals surface area contributed by atoms with Crippen LogP contribution in [0.4, 0.5) is 5.82 Å². The number of carbonyl (C=O) groups is 1. The average Bonchev–Trinajstić information content (AvgIpc) is 2.99. The molecule has 0 unspecified atom stereocenters. The van der Waals surface area contributed by atoms with Crippen LogP contribution in [-0.2, 0) is 0 Å². The van der Waals surface area contributed by atoms with Crippen molar-refractivity contribution in [2.75, 3.05) is 12.4 Å². The Morgan fingerprint density at radius 1 is 1.04 bits per heavy atom. The van der Waals surface area contributed by atoms with Crippen molar-refractivity contribution in [2.24, 2.45) is 0 Å². The van der Waals surface area contributed by atoms with E-state index in [0.717, 1.165) is 11.1 Å². The van der Waals surface area contributed by atoms with Crippen LogP contribution < -0.4 is 15.6 Å². The minimum atomic E-state index is -0.564. The number of ketones is 1. The number of ether oxygens (including phenoxy) is 1. The number of hydrogen-bond donors (Lipinski definition) is 2. The number of benzene rings is 2. The number of nitrogens with zero attached hydrogens (tertiary/aromatic N) is 1. The van der Waals surface area contributed by atoms with Gasteiger partial charge in [0, 0.05) is 27.6 Å². The van der Waals surface area contributed by atoms with E-state index in [2.05, 4.69) is 15.3 Å². The first-order valence-electron chi connectivity index (χ1n) is 8.67. The summed E-state index contributed by atoms with van der Waals surface area (Å²) in [6, 6.07) is 14.6. The number of nitrogens with one attached hydrogen (secondary N) is 2. The third-order valence-corrected chi connectivity index (χ3v) is 5.36. The molecule has 1 aliphatic carbocycles. The zero-order valence-electron chi connectivity index (χ0n) is 14.7. The number of H-pyrrole nitrogens is 1. The van der Waals surface area contributed by atoms with E-state index in [4.69, 9.17) is 16.3 Å². The molecule has 2 N–H and O–H groups in total. The number of halogens is 1. The minimum absolute atomic E-state index is 0.0982. The van der Waals surface area contributed by atoms with Crippen LogP contribution in [0.2, 0.25) is 5.02 Å². The summed E-state index contributed by atoms with van der Waals surface area (Å²) in [7, 11) is 1.43. The molecule has 138 valence electrons. The Morgan fingerprint density at radius 2 is 1.75 bits per heavy atom. The molecule has 1 atom stereocenters. The molecule has 28 heavy (non-hydrogen) atoms. The van der Waals surface area contributed by atoms with Crippen LogP contribution in [0.25, 0.3) is 5.70 Å². The van der Waals surface area contributed by atoms with Crippen LogP contribution in [0, 0.1) is 0 Å². The lowest BCUT2D eigenvalue weighted by Crippen LogP contribution is -2.28. The fraction of sp³-hybridized carbons (Fsp3) is 0.0952. The molecule has 1 aliphatic heterocycles. The summed E-state index contributed by atoms with van der Waals surface area (Å²) in [6.07, 6.45) is 0. The first-order chi connectivity index (χ1) is 13.6. The first-order valence-corrected chi connectivity index (χ1v) is 9.05. The molecule has 0 spiro atoms. The molecule has 0 saturated carbocycles. The number of fused-ring (bicyclic) bond motifs is 3. The van der Waals surface area contributed by atoms with Crippen molar-refractivity contribution < 1.29 is 9.53 Å². The van der Waals surface area contributed by atoms with E-state index in [0.29, 0.717) is 33.2 Å². The molecule has 2 aliphatic rings. The molecular weight excluding hydrogens is 378 g/mol. The quantitative estimate of drug-likeness (QED) is 0.697. The summed E-state index contributed by atoms with van der Waals surface area (Å²) in [6.45, 7) is 0. The fourth-order valence-corrected chi connectivity index (χ4v) is 4.01. The van der Waals surface area contributed by atoms with Gasteiger partial charge in [0.2, 0.25) is 0 Å². The SMILES string of the molecule is COc1nc2c(c(=O)[nH]1)[C@H](c1ccc(Cl)cc1)C1=C(N2)c2ccccc2C1=O. The minimum Gasteiger partial charge on any atom is -0.468 e. The second-order valence-corrected chi connectivity index (χ2v) is 7.05. The lowest BCUT2D eigenvalue weighted by Gasteiger charge is -2.27. The summed E-state index contributed by atoms with van der Waals surface area (Å²) in [5.41, 5.74) is 3.43. The molecule has 3 aromatic rings. The standard InChI is InChI=1S/C21H14ClN3O3/c1-28-21-24-19-16(20(27)25-21)14(10-6-8-11(22)9-7-10)15-17(23-19)12-4-2-3-5-13(12)18(15)26/h2-9,14H,1H3,(H2,23,24,25,27)/t14-/m1/s1. The molecule has 7 heteroatoms. The van der Waals surface area contributed by atoms with Crippen molar-refractivity contribution in [3.8, 4) is 6.01 Å². The highest BCUT2D eigenvalue weighted by atomic mass is 35.5. The van der Waals surface area contributed by atoms with Gasteiger partial charge in [-0.2, -0.15) is 4.98 Å². The van der Waals surface area contributed by atoms with Crippen molar-refractivity contribution in [3.05, 3.63) is 91.7 Å². The third-order valence-electron chi connectivity index (χ3n) is 5.11. The van der Waals surface area contributed by atoms with Crippen LogP contribution in [0.5, 0.6) is 6.01 Å². The Balaban J connectivity index is 1.81. The van der Waals surface area contributed by atoms with E-state index < -0.39 is 5.92 Å². The Hall–Kier alpha value is -3.38. The molecule has 2 aromatic carbocycles. The second-order valence-electron chi connectivity index (χ2n) is 6.61. The van der Waals surface area contributed by atoms with E-state index >= 15 is 0 Å². The number of aromatic amines is 1. The van der Waals surface area contributed by atoms with Crippen LogP contribution >= 0.6 is 11.6 Å². The Kier molecular flexibility index (Phi) is 3.64. The zero-order chi connectivity index (χ0) is 19.4. The number of allylic oxidation sites excluding steroid dienone is 1. The van der Waals surface area contributed by atoms with E-state index in [1.165, 1.54) is 7.11 Å². The molecule has 0 radical (unpaired) electrons. The number of rotatable bonds is 2. The number of Topliss-reactive ketones (excluding diaryl/α,β-unsaturated/α-hetero) is 1. The van der Waals surface area contributed by atoms with Gasteiger partial charge in [-0.25, -0.2) is 0 Å². The normalized spacial score (nSPS) is 16.9. The van der Waals surface area contributed by atoms with E-state index in [-0.39, 0.29) is 17.4 Å². The average molecular weight is 392 g/mol. The van der Waals surface area contributed by atoms with Crippen LogP contribution in [0.15, 0.2) is 58.9 Å². The summed E-state index contributed by atoms with van der Waals surface area (Å²) < 4.78 is 5.11. The topological polar surface area (TPSA) is 84.1 Å². The monoisotopic (exact) mass is 391 g/mol. The summed E-state index contributed by atoms with van der Waals surface area (Å²) >= 11 is 6.05. The Labute approximate surface area is 164 Å². The van der Waals surface area contributed by atoms with Crippen LogP contribution in [0.1, 0.15) is 33.0 Å². The van der Waals surface area contributed by atoms with Crippen molar-refractivity contribution in [1.29, 1.82) is 0 Å². The predicted molar refractivity (Wildman–Crippen MR) is 106 cm³/mol. The molecule has 0 fully saturated rings. The maximum absolute atomic E-state index is 13.2. The number of hydrogen-bond acceptors (Lipinski definition) is 5. The Bertz CT molecular complexity index is 1230. The van der Waals surface area contributed by atoms with Crippen LogP contribution in [0.3, 0.4) is 0 Å². The molecule has 5 rings (SSSR count). The summed E-state index contributed by atoms with van der Waals surface area (Å²) in [5, 5.41) is 3.77. The molecule has 0 saturated heterocycles. The highest BCUT2D eigenvalue weighted by Crippen LogP contribution is 2.47. The van der Waals surface area contributed by atoms with Crippen molar-refractivity contribution in [3.63, 3.8) is 0 Å². The van der Waals surface area contributed by atoms with E-state index in [1.807, 2.05) is 30.3 Å². The molecule has 0 bridgehead atoms. The molecular formula is C21H14ClN3O3. The lowest BCUT2D eigenvalue weighted by molar-refractivity contribution is 0.103. The van der Waals surface area contributed by atoms with Gasteiger partial charge >= 0.3 is 0 Å². The number of carbonyl (C=O) groups excluding carboxylic acids is 1. The smallest absolute Gasteiger partial charge is 0.298 e. The van der Waals surface area contributed by atoms with E-state index in [1.54, 1.807) is 18.2 Å². The molecule has 2 heterocycles. The van der Waals surface area contributed by atoms with Gasteiger partial charge in [0.05, 0.1) is 18.4 Å². The van der Waals surface area contributed by atoms with Crippen LogP contribution in [-0.4, -0.2) is 22.9 Å². The molecule has 1 aromatic heterocycles. The van der Waals surface area contributed by atoms with Gasteiger partial charge in [-0.05, 0) is 17.7 Å².